The molecule has 0 radical (unpaired) electrons. The molecule has 0 aliphatic rings. The standard InChI is InChI=1S/C23H25NOS/c24-16-17-25-18-19-26-23(20-10-4-1-5-11-20,21-12-6-2-7-13-21)22-14-8-3-9-15-22/h1-15H,16-19,24H2. The summed E-state index contributed by atoms with van der Waals surface area (Å²) in [6, 6.07) is 32.2. The van der Waals surface area contributed by atoms with E-state index in [1.807, 2.05) is 11.8 Å². The second-order valence-electron chi connectivity index (χ2n) is 6.03. The minimum Gasteiger partial charge on any atom is -0.379 e. The van der Waals surface area contributed by atoms with E-state index in [9.17, 15) is 0 Å². The van der Waals surface area contributed by atoms with E-state index in [-0.39, 0.29) is 4.75 Å². The molecular formula is C23H25NOS. The van der Waals surface area contributed by atoms with Crippen molar-refractivity contribution >= 4 is 11.8 Å². The molecule has 0 aliphatic heterocycles. The van der Waals surface area contributed by atoms with Gasteiger partial charge in [0.05, 0.1) is 18.0 Å². The van der Waals surface area contributed by atoms with E-state index in [4.69, 9.17) is 10.5 Å². The monoisotopic (exact) mass is 363 g/mol. The molecule has 134 valence electrons. The number of benzene rings is 3. The molecule has 0 spiro atoms. The zero-order chi connectivity index (χ0) is 18.1. The van der Waals surface area contributed by atoms with Gasteiger partial charge in [0.1, 0.15) is 0 Å². The Labute approximate surface area is 160 Å². The lowest BCUT2D eigenvalue weighted by molar-refractivity contribution is 0.158. The number of rotatable bonds is 9. The summed E-state index contributed by atoms with van der Waals surface area (Å²) in [4.78, 5) is 0. The summed E-state index contributed by atoms with van der Waals surface area (Å²) in [5.41, 5.74) is 9.37. The molecular weight excluding hydrogens is 338 g/mol. The Morgan fingerprint density at radius 1 is 0.654 bits per heavy atom. The maximum atomic E-state index is 5.64. The summed E-state index contributed by atoms with van der Waals surface area (Å²) in [5.74, 6) is 0.888. The van der Waals surface area contributed by atoms with Crippen molar-refractivity contribution in [1.29, 1.82) is 0 Å². The van der Waals surface area contributed by atoms with Crippen LogP contribution in [0.5, 0.6) is 0 Å². The zero-order valence-corrected chi connectivity index (χ0v) is 15.7. The van der Waals surface area contributed by atoms with E-state index in [0.717, 1.165) is 5.75 Å². The van der Waals surface area contributed by atoms with Gasteiger partial charge >= 0.3 is 0 Å². The summed E-state index contributed by atoms with van der Waals surface area (Å²) in [5, 5.41) is 0. The van der Waals surface area contributed by atoms with Crippen molar-refractivity contribution < 1.29 is 4.74 Å². The van der Waals surface area contributed by atoms with Crippen molar-refractivity contribution in [3.05, 3.63) is 108 Å². The van der Waals surface area contributed by atoms with Crippen LogP contribution in [0.2, 0.25) is 0 Å². The lowest BCUT2D eigenvalue weighted by atomic mass is 9.84. The predicted octanol–water partition coefficient (Wildman–Crippen LogP) is 4.69. The number of nitrogens with two attached hydrogens (primary N) is 1. The van der Waals surface area contributed by atoms with E-state index >= 15 is 0 Å². The quantitative estimate of drug-likeness (QED) is 0.443. The summed E-state index contributed by atoms with van der Waals surface area (Å²) >= 11 is 1.91. The first-order valence-electron chi connectivity index (χ1n) is 8.96. The van der Waals surface area contributed by atoms with Crippen LogP contribution in [0.1, 0.15) is 16.7 Å². The molecule has 0 fully saturated rings. The molecule has 2 N–H and O–H groups in total. The van der Waals surface area contributed by atoms with Crippen LogP contribution in [0, 0.1) is 0 Å². The van der Waals surface area contributed by atoms with Gasteiger partial charge in [0.2, 0.25) is 0 Å². The molecule has 3 aromatic carbocycles. The van der Waals surface area contributed by atoms with Gasteiger partial charge in [-0.05, 0) is 16.7 Å². The largest absolute Gasteiger partial charge is 0.379 e. The second kappa shape index (κ2) is 9.58. The van der Waals surface area contributed by atoms with Gasteiger partial charge in [0.25, 0.3) is 0 Å². The van der Waals surface area contributed by atoms with Crippen LogP contribution in [0.25, 0.3) is 0 Å². The number of ether oxygens (including phenoxy) is 1. The van der Waals surface area contributed by atoms with Gasteiger partial charge in [-0.15, -0.1) is 11.8 Å². The summed E-state index contributed by atoms with van der Waals surface area (Å²) in [6.07, 6.45) is 0. The van der Waals surface area contributed by atoms with Gasteiger partial charge in [0, 0.05) is 12.3 Å². The van der Waals surface area contributed by atoms with E-state index in [2.05, 4.69) is 91.0 Å². The van der Waals surface area contributed by atoms with Crippen LogP contribution in [-0.2, 0) is 9.48 Å². The third-order valence-electron chi connectivity index (χ3n) is 4.35. The average molecular weight is 364 g/mol. The molecule has 2 nitrogen and oxygen atoms in total. The molecule has 26 heavy (non-hydrogen) atoms. The third kappa shape index (κ3) is 4.18. The van der Waals surface area contributed by atoms with E-state index in [1.165, 1.54) is 16.7 Å². The Morgan fingerprint density at radius 3 is 1.46 bits per heavy atom. The van der Waals surface area contributed by atoms with Crippen molar-refractivity contribution in [2.24, 2.45) is 5.73 Å². The van der Waals surface area contributed by atoms with Crippen LogP contribution in [0.4, 0.5) is 0 Å². The highest BCUT2D eigenvalue weighted by molar-refractivity contribution is 8.00. The minimum absolute atomic E-state index is 0.268. The van der Waals surface area contributed by atoms with Gasteiger partial charge in [0.15, 0.2) is 0 Å². The lowest BCUT2D eigenvalue weighted by Crippen LogP contribution is -2.26. The third-order valence-corrected chi connectivity index (χ3v) is 5.86. The Kier molecular flexibility index (Phi) is 6.89. The molecule has 0 atom stereocenters. The van der Waals surface area contributed by atoms with Crippen molar-refractivity contribution in [3.63, 3.8) is 0 Å². The molecule has 0 saturated heterocycles. The van der Waals surface area contributed by atoms with Gasteiger partial charge in [-0.2, -0.15) is 0 Å². The van der Waals surface area contributed by atoms with Crippen LogP contribution < -0.4 is 5.73 Å². The molecule has 3 rings (SSSR count). The highest BCUT2D eigenvalue weighted by atomic mass is 32.2. The first-order chi connectivity index (χ1) is 12.9. The van der Waals surface area contributed by atoms with Crippen LogP contribution >= 0.6 is 11.8 Å². The zero-order valence-electron chi connectivity index (χ0n) is 14.9. The fourth-order valence-electron chi connectivity index (χ4n) is 3.21. The highest BCUT2D eigenvalue weighted by Gasteiger charge is 2.36. The van der Waals surface area contributed by atoms with E-state index < -0.39 is 0 Å². The van der Waals surface area contributed by atoms with E-state index in [1.54, 1.807) is 0 Å². The summed E-state index contributed by atoms with van der Waals surface area (Å²) in [7, 11) is 0. The molecule has 0 saturated carbocycles. The number of hydrogen-bond acceptors (Lipinski definition) is 3. The van der Waals surface area contributed by atoms with Crippen LogP contribution in [0.15, 0.2) is 91.0 Å². The first kappa shape index (κ1) is 18.7. The predicted molar refractivity (Wildman–Crippen MR) is 112 cm³/mol. The summed E-state index contributed by atoms with van der Waals surface area (Å²) < 4.78 is 5.37. The van der Waals surface area contributed by atoms with Crippen LogP contribution in [-0.4, -0.2) is 25.5 Å². The second-order valence-corrected chi connectivity index (χ2v) is 7.34. The normalized spacial score (nSPS) is 11.4. The number of hydrogen-bond donors (Lipinski definition) is 1. The molecule has 3 heteroatoms. The van der Waals surface area contributed by atoms with Gasteiger partial charge in [-0.3, -0.25) is 0 Å². The Morgan fingerprint density at radius 2 is 1.08 bits per heavy atom. The number of thioether (sulfide) groups is 1. The fraction of sp³-hybridized carbons (Fsp3) is 0.217. The highest BCUT2D eigenvalue weighted by Crippen LogP contribution is 2.48. The van der Waals surface area contributed by atoms with Crippen LogP contribution in [0.3, 0.4) is 0 Å². The van der Waals surface area contributed by atoms with Crippen molar-refractivity contribution in [2.45, 2.75) is 4.75 Å². The first-order valence-corrected chi connectivity index (χ1v) is 9.95. The molecule has 0 bridgehead atoms. The maximum absolute atomic E-state index is 5.64. The Bertz CT molecular complexity index is 665. The van der Waals surface area contributed by atoms with Gasteiger partial charge in [-0.1, -0.05) is 91.0 Å². The minimum atomic E-state index is -0.268. The van der Waals surface area contributed by atoms with Gasteiger partial charge < -0.3 is 10.5 Å². The fourth-order valence-corrected chi connectivity index (χ4v) is 4.62. The lowest BCUT2D eigenvalue weighted by Gasteiger charge is -2.35. The van der Waals surface area contributed by atoms with Crippen molar-refractivity contribution in [2.75, 3.05) is 25.5 Å². The maximum Gasteiger partial charge on any atom is 0.0907 e. The van der Waals surface area contributed by atoms with Crippen molar-refractivity contribution in [1.82, 2.24) is 0 Å². The Hall–Kier alpha value is -2.07. The SMILES string of the molecule is NCCOCCSC(c1ccccc1)(c1ccccc1)c1ccccc1. The molecule has 0 amide bonds. The average Bonchev–Trinajstić information content (AvgIpc) is 2.73. The van der Waals surface area contributed by atoms with Gasteiger partial charge in [-0.25, -0.2) is 0 Å². The Balaban J connectivity index is 2.06. The topological polar surface area (TPSA) is 35.2 Å². The molecule has 0 unspecified atom stereocenters. The smallest absolute Gasteiger partial charge is 0.0907 e. The molecule has 0 aliphatic carbocycles. The molecule has 0 heterocycles. The molecule has 3 aromatic rings. The van der Waals surface area contributed by atoms with Crippen molar-refractivity contribution in [3.8, 4) is 0 Å². The molecule has 0 aromatic heterocycles. The summed E-state index contributed by atoms with van der Waals surface area (Å²) in [6.45, 7) is 1.86. The van der Waals surface area contributed by atoms with E-state index in [0.29, 0.717) is 19.8 Å².